The Morgan fingerprint density at radius 2 is 1.93 bits per heavy atom. The zero-order valence-electron chi connectivity index (χ0n) is 24.0. The minimum Gasteiger partial charge on any atom is -0.388 e. The highest BCUT2D eigenvalue weighted by molar-refractivity contribution is 5.82. The number of rotatable bonds is 6. The molecule has 41 heavy (non-hydrogen) atoms. The summed E-state index contributed by atoms with van der Waals surface area (Å²) in [7, 11) is 0. The first-order chi connectivity index (χ1) is 19.6. The van der Waals surface area contributed by atoms with Crippen molar-refractivity contribution in [3.8, 4) is 0 Å². The first-order valence-corrected chi connectivity index (χ1v) is 14.4. The topological polar surface area (TPSA) is 163 Å². The number of amides is 1. The lowest BCUT2D eigenvalue weighted by atomic mass is 9.75. The highest BCUT2D eigenvalue weighted by Gasteiger charge is 2.50. The van der Waals surface area contributed by atoms with Crippen molar-refractivity contribution in [2.24, 2.45) is 0 Å². The van der Waals surface area contributed by atoms with Gasteiger partial charge in [0.2, 0.25) is 11.9 Å². The molecule has 218 valence electrons. The maximum atomic E-state index is 13.2. The van der Waals surface area contributed by atoms with E-state index >= 15 is 0 Å². The number of anilines is 2. The van der Waals surface area contributed by atoms with Crippen LogP contribution in [0.1, 0.15) is 70.7 Å². The number of aliphatic hydroxyl groups is 1. The standard InChI is InChI=1S/C29H39N9O3/c1-18(2)25-33-19-7-4-5-8-20(19)37(25)12-6-9-22(39)36-13-10-29(11-14-36)16-28(3,40)21(15-41-29)38-17-32-23-24(30)34-27(31)35-26(23)38/h4-5,7-8,17-18,21,40H,6,9-16H2,1-3H3,(H4,30,31,34,35)/t21-,28-/m1/s1. The number of para-hydroxylation sites is 2. The van der Waals surface area contributed by atoms with Gasteiger partial charge in [0.15, 0.2) is 11.5 Å². The van der Waals surface area contributed by atoms with Gasteiger partial charge in [0.05, 0.1) is 41.2 Å². The number of hydrogen-bond acceptors (Lipinski definition) is 9. The van der Waals surface area contributed by atoms with E-state index in [2.05, 4.69) is 39.4 Å². The second kappa shape index (κ2) is 10.3. The summed E-state index contributed by atoms with van der Waals surface area (Å²) in [6.07, 6.45) is 4.64. The number of likely N-dealkylation sites (tertiary alicyclic amines) is 1. The number of ether oxygens (including phenoxy) is 1. The summed E-state index contributed by atoms with van der Waals surface area (Å²) in [5, 5.41) is 11.6. The number of carbonyl (C=O) groups excluding carboxylic acids is 1. The molecule has 1 amide bonds. The van der Waals surface area contributed by atoms with E-state index in [0.29, 0.717) is 55.9 Å². The van der Waals surface area contributed by atoms with Crippen molar-refractivity contribution in [1.82, 2.24) is 34.0 Å². The molecule has 5 N–H and O–H groups in total. The number of nitrogens with two attached hydrogens (primary N) is 2. The van der Waals surface area contributed by atoms with Gasteiger partial charge in [0, 0.05) is 38.4 Å². The number of hydrogen-bond donors (Lipinski definition) is 3. The van der Waals surface area contributed by atoms with Crippen molar-refractivity contribution >= 4 is 39.9 Å². The van der Waals surface area contributed by atoms with Crippen LogP contribution in [0.4, 0.5) is 11.8 Å². The molecule has 0 saturated carbocycles. The first kappa shape index (κ1) is 27.4. The van der Waals surface area contributed by atoms with E-state index in [9.17, 15) is 9.90 Å². The van der Waals surface area contributed by atoms with Crippen LogP contribution in [-0.4, -0.2) is 75.9 Å². The van der Waals surface area contributed by atoms with Crippen molar-refractivity contribution in [2.75, 3.05) is 31.2 Å². The zero-order valence-corrected chi connectivity index (χ0v) is 24.0. The maximum Gasteiger partial charge on any atom is 0.224 e. The molecule has 2 fully saturated rings. The Morgan fingerprint density at radius 3 is 2.66 bits per heavy atom. The molecule has 3 aromatic heterocycles. The van der Waals surface area contributed by atoms with Crippen molar-refractivity contribution < 1.29 is 14.6 Å². The average Bonchev–Trinajstić information content (AvgIpc) is 3.51. The number of nitrogens with zero attached hydrogens (tertiary/aromatic N) is 7. The number of imidazole rings is 2. The third-order valence-electron chi connectivity index (χ3n) is 8.75. The van der Waals surface area contributed by atoms with E-state index in [1.165, 1.54) is 0 Å². The highest BCUT2D eigenvalue weighted by atomic mass is 16.5. The van der Waals surface area contributed by atoms with Crippen LogP contribution in [-0.2, 0) is 16.1 Å². The predicted molar refractivity (Wildman–Crippen MR) is 156 cm³/mol. The van der Waals surface area contributed by atoms with E-state index in [1.807, 2.05) is 30.0 Å². The molecule has 0 bridgehead atoms. The molecule has 2 atom stereocenters. The Hall–Kier alpha value is -3.77. The largest absolute Gasteiger partial charge is 0.388 e. The monoisotopic (exact) mass is 561 g/mol. The van der Waals surface area contributed by atoms with Crippen LogP contribution in [0.5, 0.6) is 0 Å². The summed E-state index contributed by atoms with van der Waals surface area (Å²) >= 11 is 0. The Kier molecular flexibility index (Phi) is 6.85. The van der Waals surface area contributed by atoms with E-state index in [1.54, 1.807) is 10.9 Å². The molecule has 6 rings (SSSR count). The molecule has 2 aliphatic heterocycles. The third-order valence-corrected chi connectivity index (χ3v) is 8.75. The van der Waals surface area contributed by atoms with Crippen LogP contribution in [0.15, 0.2) is 30.6 Å². The van der Waals surface area contributed by atoms with Gasteiger partial charge in [-0.3, -0.25) is 4.79 Å². The molecule has 1 spiro atoms. The van der Waals surface area contributed by atoms with Gasteiger partial charge in [0.1, 0.15) is 11.3 Å². The number of benzene rings is 1. The summed E-state index contributed by atoms with van der Waals surface area (Å²) in [4.78, 5) is 32.6. The van der Waals surface area contributed by atoms with E-state index in [4.69, 9.17) is 21.2 Å². The summed E-state index contributed by atoms with van der Waals surface area (Å²) in [6, 6.07) is 7.76. The molecule has 0 radical (unpaired) electrons. The summed E-state index contributed by atoms with van der Waals surface area (Å²) in [5.41, 5.74) is 13.3. The SMILES string of the molecule is CC(C)c1nc2ccccc2n1CCCC(=O)N1CCC2(CC1)C[C@@](C)(O)[C@H](n1cnc3c(N)nc(N)nc31)CO2. The molecule has 4 aromatic rings. The van der Waals surface area contributed by atoms with E-state index in [-0.39, 0.29) is 24.3 Å². The molecule has 5 heterocycles. The fourth-order valence-corrected chi connectivity index (χ4v) is 6.62. The van der Waals surface area contributed by atoms with Crippen LogP contribution in [0.2, 0.25) is 0 Å². The number of nitrogen functional groups attached to an aromatic ring is 2. The minimum atomic E-state index is -1.09. The summed E-state index contributed by atoms with van der Waals surface area (Å²) < 4.78 is 10.5. The number of aryl methyl sites for hydroxylation is 1. The van der Waals surface area contributed by atoms with E-state index < -0.39 is 17.2 Å². The second-order valence-electron chi connectivity index (χ2n) is 12.1. The lowest BCUT2D eigenvalue weighted by molar-refractivity contribution is -0.197. The normalized spacial score (nSPS) is 22.8. The molecule has 1 aromatic carbocycles. The molecule has 12 heteroatoms. The second-order valence-corrected chi connectivity index (χ2v) is 12.1. The maximum absolute atomic E-state index is 13.2. The van der Waals surface area contributed by atoms with Gasteiger partial charge < -0.3 is 35.3 Å². The van der Waals surface area contributed by atoms with Crippen LogP contribution in [0.3, 0.4) is 0 Å². The fourth-order valence-electron chi connectivity index (χ4n) is 6.62. The fraction of sp³-hybridized carbons (Fsp3) is 0.552. The summed E-state index contributed by atoms with van der Waals surface area (Å²) in [5.74, 6) is 1.79. The van der Waals surface area contributed by atoms with Crippen molar-refractivity contribution in [2.45, 2.75) is 82.6 Å². The lowest BCUT2D eigenvalue weighted by Gasteiger charge is -2.51. The Labute approximate surface area is 238 Å². The van der Waals surface area contributed by atoms with Crippen molar-refractivity contribution in [3.05, 3.63) is 36.4 Å². The zero-order chi connectivity index (χ0) is 28.9. The Morgan fingerprint density at radius 1 is 1.17 bits per heavy atom. The molecule has 0 unspecified atom stereocenters. The van der Waals surface area contributed by atoms with Crippen molar-refractivity contribution in [3.63, 3.8) is 0 Å². The number of carbonyl (C=O) groups is 1. The Balaban J connectivity index is 1.06. The van der Waals surface area contributed by atoms with Gasteiger partial charge in [-0.25, -0.2) is 9.97 Å². The highest BCUT2D eigenvalue weighted by Crippen LogP contribution is 2.44. The molecule has 2 aliphatic rings. The van der Waals surface area contributed by atoms with Gasteiger partial charge >= 0.3 is 0 Å². The van der Waals surface area contributed by atoms with Gasteiger partial charge in [-0.15, -0.1) is 0 Å². The number of fused-ring (bicyclic) bond motifs is 2. The van der Waals surface area contributed by atoms with Crippen LogP contribution >= 0.6 is 0 Å². The molecule has 12 nitrogen and oxygen atoms in total. The third kappa shape index (κ3) is 4.99. The van der Waals surface area contributed by atoms with Crippen LogP contribution in [0, 0.1) is 0 Å². The summed E-state index contributed by atoms with van der Waals surface area (Å²) in [6.45, 7) is 8.39. The lowest BCUT2D eigenvalue weighted by Crippen LogP contribution is -2.57. The first-order valence-electron chi connectivity index (χ1n) is 14.4. The minimum absolute atomic E-state index is 0.0559. The number of piperidine rings is 1. The molecular weight excluding hydrogens is 522 g/mol. The molecule has 0 aliphatic carbocycles. The van der Waals surface area contributed by atoms with Crippen molar-refractivity contribution in [1.29, 1.82) is 0 Å². The quantitative estimate of drug-likeness (QED) is 0.321. The average molecular weight is 562 g/mol. The Bertz CT molecular complexity index is 1580. The molecule has 2 saturated heterocycles. The van der Waals surface area contributed by atoms with Gasteiger partial charge in [0.25, 0.3) is 0 Å². The van der Waals surface area contributed by atoms with Crippen LogP contribution in [0.25, 0.3) is 22.2 Å². The predicted octanol–water partition coefficient (Wildman–Crippen LogP) is 3.02. The van der Waals surface area contributed by atoms with Crippen LogP contribution < -0.4 is 11.5 Å². The van der Waals surface area contributed by atoms with Gasteiger partial charge in [-0.2, -0.15) is 9.97 Å². The number of aromatic nitrogens is 6. The van der Waals surface area contributed by atoms with Gasteiger partial charge in [-0.05, 0) is 38.3 Å². The molecular formula is C29H39N9O3. The van der Waals surface area contributed by atoms with E-state index in [0.717, 1.165) is 29.8 Å². The van der Waals surface area contributed by atoms with Gasteiger partial charge in [-0.1, -0.05) is 26.0 Å². The smallest absolute Gasteiger partial charge is 0.224 e.